The molecule has 1 aromatic heterocycles. The lowest BCUT2D eigenvalue weighted by molar-refractivity contribution is -0.0167. The number of aromatic nitrogens is 1. The number of amides is 1. The number of carbonyl (C=O) groups excluding carboxylic acids is 1. The summed E-state index contributed by atoms with van der Waals surface area (Å²) in [5.41, 5.74) is 6.36. The Hall–Kier alpha value is -1.58. The van der Waals surface area contributed by atoms with Gasteiger partial charge in [0.1, 0.15) is 5.82 Å². The Morgan fingerprint density at radius 2 is 1.80 bits per heavy atom. The molecule has 4 bridgehead atoms. The van der Waals surface area contributed by atoms with E-state index in [0.29, 0.717) is 11.4 Å². The lowest BCUT2D eigenvalue weighted by Crippen LogP contribution is -2.59. The summed E-state index contributed by atoms with van der Waals surface area (Å²) >= 11 is 0. The van der Waals surface area contributed by atoms with Gasteiger partial charge in [0.05, 0.1) is 0 Å². The van der Waals surface area contributed by atoms with Crippen LogP contribution >= 0.6 is 0 Å². The second kappa shape index (κ2) is 4.21. The Labute approximate surface area is 119 Å². The van der Waals surface area contributed by atoms with Gasteiger partial charge in [-0.1, -0.05) is 0 Å². The Morgan fingerprint density at radius 1 is 1.20 bits per heavy atom. The summed E-state index contributed by atoms with van der Waals surface area (Å²) in [5, 5.41) is 3.35. The fourth-order valence-corrected chi connectivity index (χ4v) is 5.17. The van der Waals surface area contributed by atoms with Crippen LogP contribution in [-0.4, -0.2) is 16.4 Å². The maximum Gasteiger partial charge on any atom is 0.251 e. The highest BCUT2D eigenvalue weighted by atomic mass is 16.1. The Balaban J connectivity index is 1.55. The van der Waals surface area contributed by atoms with Crippen LogP contribution in [0.15, 0.2) is 18.3 Å². The smallest absolute Gasteiger partial charge is 0.251 e. The summed E-state index contributed by atoms with van der Waals surface area (Å²) in [6.07, 6.45) is 9.28. The van der Waals surface area contributed by atoms with E-state index in [0.717, 1.165) is 17.8 Å². The van der Waals surface area contributed by atoms with Gasteiger partial charge in [-0.3, -0.25) is 4.79 Å². The van der Waals surface area contributed by atoms with Gasteiger partial charge in [-0.05, 0) is 68.4 Å². The maximum atomic E-state index is 12.5. The first-order valence-electron chi connectivity index (χ1n) is 7.66. The highest BCUT2D eigenvalue weighted by Gasteiger charge is 2.51. The van der Waals surface area contributed by atoms with Gasteiger partial charge in [0.2, 0.25) is 0 Å². The lowest BCUT2D eigenvalue weighted by Gasteiger charge is -2.56. The van der Waals surface area contributed by atoms with E-state index in [4.69, 9.17) is 5.73 Å². The highest BCUT2D eigenvalue weighted by molar-refractivity contribution is 5.95. The van der Waals surface area contributed by atoms with Gasteiger partial charge in [0.25, 0.3) is 5.91 Å². The number of nitrogens with zero attached hydrogens (tertiary/aromatic N) is 1. The van der Waals surface area contributed by atoms with Crippen LogP contribution in [0.25, 0.3) is 0 Å². The van der Waals surface area contributed by atoms with Crippen molar-refractivity contribution in [2.45, 2.75) is 44.1 Å². The number of nitrogens with one attached hydrogen (secondary N) is 1. The number of rotatable bonds is 2. The molecular formula is C16H21N3O. The molecule has 5 rings (SSSR count). The van der Waals surface area contributed by atoms with Crippen LogP contribution in [0.5, 0.6) is 0 Å². The van der Waals surface area contributed by atoms with E-state index in [1.54, 1.807) is 18.3 Å². The first kappa shape index (κ1) is 12.2. The van der Waals surface area contributed by atoms with Gasteiger partial charge >= 0.3 is 0 Å². The van der Waals surface area contributed by atoms with Crippen LogP contribution in [-0.2, 0) is 0 Å². The van der Waals surface area contributed by atoms with Crippen molar-refractivity contribution in [3.63, 3.8) is 0 Å². The second-order valence-corrected chi connectivity index (χ2v) is 7.12. The van der Waals surface area contributed by atoms with Gasteiger partial charge in [-0.2, -0.15) is 0 Å². The molecule has 4 saturated carbocycles. The SMILES string of the molecule is Nc1cc(C(=O)NC23CC4CC(CC(C4)C2)C3)ccn1. The zero-order chi connectivity index (χ0) is 13.7. The number of nitrogen functional groups attached to an aromatic ring is 1. The number of nitrogens with two attached hydrogens (primary N) is 1. The molecule has 106 valence electrons. The monoisotopic (exact) mass is 271 g/mol. The van der Waals surface area contributed by atoms with Crippen LogP contribution in [0, 0.1) is 17.8 Å². The molecule has 1 aromatic rings. The topological polar surface area (TPSA) is 68.0 Å². The third-order valence-corrected chi connectivity index (χ3v) is 5.46. The average molecular weight is 271 g/mol. The minimum absolute atomic E-state index is 0.0149. The Morgan fingerprint density at radius 3 is 2.35 bits per heavy atom. The maximum absolute atomic E-state index is 12.5. The van der Waals surface area contributed by atoms with E-state index in [1.807, 2.05) is 0 Å². The van der Waals surface area contributed by atoms with Crippen LogP contribution in [0.2, 0.25) is 0 Å². The van der Waals surface area contributed by atoms with Crippen LogP contribution in [0.4, 0.5) is 5.82 Å². The van der Waals surface area contributed by atoms with Crippen molar-refractivity contribution in [3.8, 4) is 0 Å². The molecule has 1 heterocycles. The number of anilines is 1. The van der Waals surface area contributed by atoms with E-state index in [-0.39, 0.29) is 11.4 Å². The number of pyridine rings is 1. The van der Waals surface area contributed by atoms with E-state index in [9.17, 15) is 4.79 Å². The zero-order valence-electron chi connectivity index (χ0n) is 11.6. The summed E-state index contributed by atoms with van der Waals surface area (Å²) in [5.74, 6) is 2.93. The van der Waals surface area contributed by atoms with Crippen molar-refractivity contribution in [3.05, 3.63) is 23.9 Å². The first-order valence-corrected chi connectivity index (χ1v) is 7.66. The van der Waals surface area contributed by atoms with Gasteiger partial charge < -0.3 is 11.1 Å². The normalized spacial score (nSPS) is 37.9. The summed E-state index contributed by atoms with van der Waals surface area (Å²) in [7, 11) is 0. The van der Waals surface area contributed by atoms with Gasteiger partial charge in [-0.15, -0.1) is 0 Å². The molecule has 0 spiro atoms. The molecule has 1 amide bonds. The molecule has 0 aromatic carbocycles. The third-order valence-electron chi connectivity index (χ3n) is 5.46. The van der Waals surface area contributed by atoms with Gasteiger partial charge in [-0.25, -0.2) is 4.98 Å². The minimum Gasteiger partial charge on any atom is -0.384 e. The van der Waals surface area contributed by atoms with Crippen molar-refractivity contribution in [1.29, 1.82) is 0 Å². The third kappa shape index (κ3) is 1.98. The predicted molar refractivity (Wildman–Crippen MR) is 77.0 cm³/mol. The Bertz CT molecular complexity index is 519. The van der Waals surface area contributed by atoms with Gasteiger partial charge in [0.15, 0.2) is 0 Å². The summed E-state index contributed by atoms with van der Waals surface area (Å²) in [4.78, 5) is 16.4. The molecule has 4 heteroatoms. The van der Waals surface area contributed by atoms with Gasteiger partial charge in [0, 0.05) is 17.3 Å². The summed E-state index contributed by atoms with van der Waals surface area (Å²) in [6, 6.07) is 3.40. The highest BCUT2D eigenvalue weighted by Crippen LogP contribution is 2.55. The predicted octanol–water partition coefficient (Wildman–Crippen LogP) is 2.36. The molecule has 4 fully saturated rings. The molecule has 0 radical (unpaired) electrons. The Kier molecular flexibility index (Phi) is 2.56. The summed E-state index contributed by atoms with van der Waals surface area (Å²) in [6.45, 7) is 0. The number of hydrogen-bond donors (Lipinski definition) is 2. The van der Waals surface area contributed by atoms with Crippen molar-refractivity contribution in [2.75, 3.05) is 5.73 Å². The van der Waals surface area contributed by atoms with Crippen LogP contribution < -0.4 is 11.1 Å². The van der Waals surface area contributed by atoms with E-state index < -0.39 is 0 Å². The molecule has 3 N–H and O–H groups in total. The molecule has 0 atom stereocenters. The van der Waals surface area contributed by atoms with Crippen molar-refractivity contribution in [1.82, 2.24) is 10.3 Å². The standard InChI is InChI=1S/C16H21N3O/c17-14-6-13(1-2-18-14)15(20)19-16-7-10-3-11(8-16)5-12(4-10)9-16/h1-2,6,10-12H,3-5,7-9H2,(H2,17,18)(H,19,20). The number of carbonyl (C=O) groups is 1. The quantitative estimate of drug-likeness (QED) is 0.867. The first-order chi connectivity index (χ1) is 9.62. The van der Waals surface area contributed by atoms with Crippen LogP contribution in [0.3, 0.4) is 0 Å². The molecule has 0 aliphatic heterocycles. The van der Waals surface area contributed by atoms with E-state index in [2.05, 4.69) is 10.3 Å². The van der Waals surface area contributed by atoms with Crippen molar-refractivity contribution >= 4 is 11.7 Å². The fraction of sp³-hybridized carbons (Fsp3) is 0.625. The van der Waals surface area contributed by atoms with E-state index in [1.165, 1.54) is 38.5 Å². The average Bonchev–Trinajstić information content (AvgIpc) is 2.36. The second-order valence-electron chi connectivity index (χ2n) is 7.12. The molecule has 0 saturated heterocycles. The molecule has 4 aliphatic carbocycles. The largest absolute Gasteiger partial charge is 0.384 e. The lowest BCUT2D eigenvalue weighted by atomic mass is 9.53. The van der Waals surface area contributed by atoms with Crippen molar-refractivity contribution < 1.29 is 4.79 Å². The fourth-order valence-electron chi connectivity index (χ4n) is 5.17. The summed E-state index contributed by atoms with van der Waals surface area (Å²) < 4.78 is 0. The van der Waals surface area contributed by atoms with Crippen LogP contribution in [0.1, 0.15) is 48.9 Å². The molecular weight excluding hydrogens is 250 g/mol. The molecule has 4 aliphatic rings. The van der Waals surface area contributed by atoms with E-state index >= 15 is 0 Å². The number of hydrogen-bond acceptors (Lipinski definition) is 3. The molecule has 20 heavy (non-hydrogen) atoms. The minimum atomic E-state index is 0.0149. The molecule has 0 unspecified atom stereocenters. The van der Waals surface area contributed by atoms with Crippen molar-refractivity contribution in [2.24, 2.45) is 17.8 Å². The molecule has 4 nitrogen and oxygen atoms in total. The zero-order valence-corrected chi connectivity index (χ0v) is 11.6.